The quantitative estimate of drug-likeness (QED) is 0.889. The average Bonchev–Trinajstić information content (AvgIpc) is 3.08. The summed E-state index contributed by atoms with van der Waals surface area (Å²) in [4.78, 5) is 16.9. The van der Waals surface area contributed by atoms with E-state index in [1.54, 1.807) is 6.20 Å². The van der Waals surface area contributed by atoms with Crippen molar-refractivity contribution in [2.45, 2.75) is 39.0 Å². The molecule has 1 unspecified atom stereocenters. The Morgan fingerprint density at radius 2 is 2.00 bits per heavy atom. The summed E-state index contributed by atoms with van der Waals surface area (Å²) >= 11 is 0. The van der Waals surface area contributed by atoms with Crippen LogP contribution in [-0.4, -0.2) is 24.0 Å². The van der Waals surface area contributed by atoms with Crippen LogP contribution in [0.25, 0.3) is 11.5 Å². The molecular weight excluding hydrogens is 314 g/mol. The lowest BCUT2D eigenvalue weighted by Crippen LogP contribution is -2.31. The molecule has 5 heteroatoms. The van der Waals surface area contributed by atoms with Crippen molar-refractivity contribution in [2.24, 2.45) is 11.3 Å². The normalized spacial score (nSPS) is 21.5. The summed E-state index contributed by atoms with van der Waals surface area (Å²) in [6, 6.07) is 7.73. The molecule has 5 nitrogen and oxygen atoms in total. The number of oxazole rings is 1. The molecule has 2 aromatic rings. The Balaban J connectivity index is 1.40. The summed E-state index contributed by atoms with van der Waals surface area (Å²) in [5.74, 6) is 2.16. The van der Waals surface area contributed by atoms with Crippen LogP contribution in [0.2, 0.25) is 0 Å². The number of anilines is 1. The fourth-order valence-corrected chi connectivity index (χ4v) is 3.81. The Morgan fingerprint density at radius 3 is 2.64 bits per heavy atom. The maximum atomic E-state index is 12.5. The van der Waals surface area contributed by atoms with E-state index in [1.165, 1.54) is 0 Å². The number of benzene rings is 1. The number of nitrogens with one attached hydrogen (secondary N) is 2. The summed E-state index contributed by atoms with van der Waals surface area (Å²) in [5, 5.41) is 6.44. The van der Waals surface area contributed by atoms with Gasteiger partial charge in [0.1, 0.15) is 5.76 Å². The van der Waals surface area contributed by atoms with Crippen LogP contribution in [0.4, 0.5) is 5.69 Å². The predicted molar refractivity (Wildman–Crippen MR) is 97.3 cm³/mol. The van der Waals surface area contributed by atoms with E-state index in [1.807, 2.05) is 24.3 Å². The Labute approximate surface area is 148 Å². The highest BCUT2D eigenvalue weighted by atomic mass is 16.4. The van der Waals surface area contributed by atoms with Gasteiger partial charge in [-0.1, -0.05) is 13.8 Å². The van der Waals surface area contributed by atoms with Gasteiger partial charge in [0.15, 0.2) is 0 Å². The summed E-state index contributed by atoms with van der Waals surface area (Å²) in [6.45, 7) is 6.23. The summed E-state index contributed by atoms with van der Waals surface area (Å²) in [7, 11) is 0. The molecule has 2 N–H and O–H groups in total. The standard InChI is InChI=1S/C20H25N3O2/c1-13(2)17-12-22-19(25-17)14-3-5-15(6-4-14)23-18(24)16-11-20(16)7-9-21-10-8-20/h3-6,12-13,16,21H,7-11H2,1-2H3,(H,23,24). The fourth-order valence-electron chi connectivity index (χ4n) is 3.81. The molecule has 1 aromatic heterocycles. The number of hydrogen-bond donors (Lipinski definition) is 2. The highest BCUT2D eigenvalue weighted by Crippen LogP contribution is 2.58. The fraction of sp³-hybridized carbons (Fsp3) is 0.500. The van der Waals surface area contributed by atoms with Crippen LogP contribution in [0.5, 0.6) is 0 Å². The van der Waals surface area contributed by atoms with Gasteiger partial charge in [0.05, 0.1) is 6.20 Å². The molecule has 132 valence electrons. The molecular formula is C20H25N3O2. The maximum absolute atomic E-state index is 12.5. The lowest BCUT2D eigenvalue weighted by atomic mass is 9.92. The van der Waals surface area contributed by atoms with Crippen LogP contribution in [0, 0.1) is 11.3 Å². The molecule has 0 bridgehead atoms. The van der Waals surface area contributed by atoms with Gasteiger partial charge in [0, 0.05) is 23.1 Å². The van der Waals surface area contributed by atoms with Crippen LogP contribution in [0.15, 0.2) is 34.9 Å². The van der Waals surface area contributed by atoms with E-state index in [-0.39, 0.29) is 17.2 Å². The monoisotopic (exact) mass is 339 g/mol. The lowest BCUT2D eigenvalue weighted by Gasteiger charge is -2.23. The third-order valence-electron chi connectivity index (χ3n) is 5.60. The van der Waals surface area contributed by atoms with Crippen LogP contribution in [0.3, 0.4) is 0 Å². The van der Waals surface area contributed by atoms with E-state index in [2.05, 4.69) is 29.5 Å². The minimum atomic E-state index is 0.160. The molecule has 2 heterocycles. The minimum Gasteiger partial charge on any atom is -0.441 e. The van der Waals surface area contributed by atoms with Crippen LogP contribution < -0.4 is 10.6 Å². The molecule has 1 aromatic carbocycles. The molecule has 1 spiro atoms. The number of piperidine rings is 1. The molecule has 0 radical (unpaired) electrons. The second-order valence-electron chi connectivity index (χ2n) is 7.66. The van der Waals surface area contributed by atoms with Gasteiger partial charge in [-0.05, 0) is 62.0 Å². The molecule has 4 rings (SSSR count). The van der Waals surface area contributed by atoms with Crippen LogP contribution in [0.1, 0.15) is 44.8 Å². The van der Waals surface area contributed by atoms with E-state index in [4.69, 9.17) is 4.42 Å². The van der Waals surface area contributed by atoms with Crippen LogP contribution >= 0.6 is 0 Å². The molecule has 1 amide bonds. The highest BCUT2D eigenvalue weighted by molar-refractivity contribution is 5.95. The number of nitrogens with zero attached hydrogens (tertiary/aromatic N) is 1. The molecule has 25 heavy (non-hydrogen) atoms. The summed E-state index contributed by atoms with van der Waals surface area (Å²) in [6.07, 6.45) is 5.05. The number of carbonyl (C=O) groups excluding carboxylic acids is 1. The van der Waals surface area contributed by atoms with Crippen molar-refractivity contribution in [3.63, 3.8) is 0 Å². The topological polar surface area (TPSA) is 67.2 Å². The van der Waals surface area contributed by atoms with Gasteiger partial charge in [0.25, 0.3) is 0 Å². The zero-order valence-electron chi connectivity index (χ0n) is 14.8. The van der Waals surface area contributed by atoms with Gasteiger partial charge in [-0.25, -0.2) is 4.98 Å². The van der Waals surface area contributed by atoms with E-state index in [9.17, 15) is 4.79 Å². The third kappa shape index (κ3) is 3.21. The van der Waals surface area contributed by atoms with E-state index < -0.39 is 0 Å². The van der Waals surface area contributed by atoms with E-state index >= 15 is 0 Å². The smallest absolute Gasteiger partial charge is 0.228 e. The first-order valence-corrected chi connectivity index (χ1v) is 9.15. The lowest BCUT2D eigenvalue weighted by molar-refractivity contribution is -0.118. The van der Waals surface area contributed by atoms with Crippen molar-refractivity contribution >= 4 is 11.6 Å². The number of rotatable bonds is 4. The second kappa shape index (κ2) is 6.30. The zero-order valence-corrected chi connectivity index (χ0v) is 14.8. The predicted octanol–water partition coefficient (Wildman–Crippen LogP) is 3.79. The maximum Gasteiger partial charge on any atom is 0.228 e. The molecule has 1 aliphatic heterocycles. The van der Waals surface area contributed by atoms with Gasteiger partial charge in [0.2, 0.25) is 11.8 Å². The summed E-state index contributed by atoms with van der Waals surface area (Å²) in [5.41, 5.74) is 2.02. The van der Waals surface area contributed by atoms with Crippen molar-refractivity contribution in [1.29, 1.82) is 0 Å². The van der Waals surface area contributed by atoms with Crippen molar-refractivity contribution in [1.82, 2.24) is 10.3 Å². The summed E-state index contributed by atoms with van der Waals surface area (Å²) < 4.78 is 5.77. The molecule has 2 fully saturated rings. The highest BCUT2D eigenvalue weighted by Gasteiger charge is 2.57. The molecule has 1 saturated carbocycles. The molecule has 1 aliphatic carbocycles. The van der Waals surface area contributed by atoms with Crippen molar-refractivity contribution in [3.05, 3.63) is 36.2 Å². The van der Waals surface area contributed by atoms with Gasteiger partial charge >= 0.3 is 0 Å². The van der Waals surface area contributed by atoms with E-state index in [0.717, 1.165) is 49.4 Å². The van der Waals surface area contributed by atoms with Gasteiger partial charge in [-0.15, -0.1) is 0 Å². The Hall–Kier alpha value is -2.14. The van der Waals surface area contributed by atoms with Crippen LogP contribution in [-0.2, 0) is 4.79 Å². The largest absolute Gasteiger partial charge is 0.441 e. The Bertz CT molecular complexity index is 758. The molecule has 2 aliphatic rings. The van der Waals surface area contributed by atoms with Crippen molar-refractivity contribution in [2.75, 3.05) is 18.4 Å². The number of hydrogen-bond acceptors (Lipinski definition) is 4. The first-order valence-electron chi connectivity index (χ1n) is 9.15. The van der Waals surface area contributed by atoms with Crippen molar-refractivity contribution < 1.29 is 9.21 Å². The van der Waals surface area contributed by atoms with Gasteiger partial charge < -0.3 is 15.1 Å². The molecule has 1 saturated heterocycles. The van der Waals surface area contributed by atoms with Crippen molar-refractivity contribution in [3.8, 4) is 11.5 Å². The second-order valence-corrected chi connectivity index (χ2v) is 7.66. The number of carbonyl (C=O) groups is 1. The number of amides is 1. The Morgan fingerprint density at radius 1 is 1.28 bits per heavy atom. The first-order chi connectivity index (χ1) is 12.1. The van der Waals surface area contributed by atoms with Gasteiger partial charge in [-0.2, -0.15) is 0 Å². The minimum absolute atomic E-state index is 0.160. The number of aromatic nitrogens is 1. The SMILES string of the molecule is CC(C)c1cnc(-c2ccc(NC(=O)C3CC34CCNCC4)cc2)o1. The first kappa shape index (κ1) is 16.3. The average molecular weight is 339 g/mol. The zero-order chi connectivity index (χ0) is 17.4. The Kier molecular flexibility index (Phi) is 4.12. The third-order valence-corrected chi connectivity index (χ3v) is 5.60. The van der Waals surface area contributed by atoms with Gasteiger partial charge in [-0.3, -0.25) is 4.79 Å². The van der Waals surface area contributed by atoms with E-state index in [0.29, 0.717) is 11.8 Å². The molecule has 1 atom stereocenters.